The van der Waals surface area contributed by atoms with Crippen molar-refractivity contribution in [2.24, 2.45) is 7.05 Å². The van der Waals surface area contributed by atoms with Crippen LogP contribution in [-0.4, -0.2) is 38.8 Å². The molecule has 0 aliphatic carbocycles. The second-order valence-corrected chi connectivity index (χ2v) is 6.37. The predicted molar refractivity (Wildman–Crippen MR) is 92.6 cm³/mol. The molecule has 1 aliphatic heterocycles. The number of urea groups is 1. The Morgan fingerprint density at radius 2 is 2.12 bits per heavy atom. The molecule has 2 aromatic rings. The van der Waals surface area contributed by atoms with Gasteiger partial charge in [-0.05, 0) is 30.4 Å². The minimum atomic E-state index is -0.0302. The van der Waals surface area contributed by atoms with Gasteiger partial charge < -0.3 is 10.2 Å². The number of carbonyl (C=O) groups excluding carboxylic acids is 1. The lowest BCUT2D eigenvalue weighted by atomic mass is 9.90. The van der Waals surface area contributed by atoms with Crippen molar-refractivity contribution in [1.82, 2.24) is 25.0 Å². The van der Waals surface area contributed by atoms with Gasteiger partial charge in [0, 0.05) is 26.1 Å². The fourth-order valence-corrected chi connectivity index (χ4v) is 3.19. The SMILES string of the molecule is CCc1ccc([C@H]2CCCN(C(=O)NCc3ncn(C)n3)C2)cc1. The smallest absolute Gasteiger partial charge is 0.317 e. The molecule has 6 heteroatoms. The number of amides is 2. The Morgan fingerprint density at radius 3 is 2.79 bits per heavy atom. The lowest BCUT2D eigenvalue weighted by molar-refractivity contribution is 0.179. The summed E-state index contributed by atoms with van der Waals surface area (Å²) in [5.74, 6) is 1.05. The summed E-state index contributed by atoms with van der Waals surface area (Å²) in [5.41, 5.74) is 2.68. The molecular weight excluding hydrogens is 302 g/mol. The number of hydrogen-bond donors (Lipinski definition) is 1. The Labute approximate surface area is 142 Å². The highest BCUT2D eigenvalue weighted by atomic mass is 16.2. The van der Waals surface area contributed by atoms with Crippen LogP contribution in [0.4, 0.5) is 4.79 Å². The van der Waals surface area contributed by atoms with Crippen molar-refractivity contribution in [3.63, 3.8) is 0 Å². The minimum absolute atomic E-state index is 0.0302. The monoisotopic (exact) mass is 327 g/mol. The van der Waals surface area contributed by atoms with E-state index in [9.17, 15) is 4.79 Å². The number of aryl methyl sites for hydroxylation is 2. The zero-order valence-corrected chi connectivity index (χ0v) is 14.4. The largest absolute Gasteiger partial charge is 0.331 e. The van der Waals surface area contributed by atoms with Gasteiger partial charge >= 0.3 is 6.03 Å². The Morgan fingerprint density at radius 1 is 1.33 bits per heavy atom. The number of benzene rings is 1. The molecule has 1 fully saturated rings. The van der Waals surface area contributed by atoms with Gasteiger partial charge in [-0.25, -0.2) is 9.78 Å². The Balaban J connectivity index is 1.56. The molecule has 2 heterocycles. The molecule has 1 aromatic heterocycles. The van der Waals surface area contributed by atoms with Crippen molar-refractivity contribution in [1.29, 1.82) is 0 Å². The van der Waals surface area contributed by atoms with Gasteiger partial charge in [0.2, 0.25) is 0 Å². The third-order valence-corrected chi connectivity index (χ3v) is 4.61. The van der Waals surface area contributed by atoms with E-state index in [2.05, 4.69) is 46.6 Å². The average Bonchev–Trinajstić information content (AvgIpc) is 3.05. The average molecular weight is 327 g/mol. The molecule has 6 nitrogen and oxygen atoms in total. The molecule has 1 saturated heterocycles. The van der Waals surface area contributed by atoms with Crippen molar-refractivity contribution in [3.8, 4) is 0 Å². The molecule has 1 atom stereocenters. The first-order valence-corrected chi connectivity index (χ1v) is 8.62. The predicted octanol–water partition coefficient (Wildman–Crippen LogP) is 2.47. The lowest BCUT2D eigenvalue weighted by Gasteiger charge is -2.33. The molecule has 24 heavy (non-hydrogen) atoms. The Bertz CT molecular complexity index is 679. The number of nitrogens with one attached hydrogen (secondary N) is 1. The first-order valence-electron chi connectivity index (χ1n) is 8.62. The molecular formula is C18H25N5O. The molecule has 0 saturated carbocycles. The number of piperidine rings is 1. The van der Waals surface area contributed by atoms with Crippen LogP contribution in [0.25, 0.3) is 0 Å². The summed E-state index contributed by atoms with van der Waals surface area (Å²) >= 11 is 0. The van der Waals surface area contributed by atoms with Crippen LogP contribution >= 0.6 is 0 Å². The molecule has 1 aromatic carbocycles. The van der Waals surface area contributed by atoms with Gasteiger partial charge in [-0.2, -0.15) is 5.10 Å². The summed E-state index contributed by atoms with van der Waals surface area (Å²) in [6.45, 7) is 4.11. The van der Waals surface area contributed by atoms with Gasteiger partial charge in [0.1, 0.15) is 6.33 Å². The third kappa shape index (κ3) is 3.93. The van der Waals surface area contributed by atoms with E-state index in [4.69, 9.17) is 0 Å². The highest BCUT2D eigenvalue weighted by Gasteiger charge is 2.24. The molecule has 128 valence electrons. The summed E-state index contributed by atoms with van der Waals surface area (Å²) in [6, 6.07) is 8.78. The molecule has 0 radical (unpaired) electrons. The summed E-state index contributed by atoms with van der Waals surface area (Å²) in [6.07, 6.45) is 4.87. The minimum Gasteiger partial charge on any atom is -0.331 e. The topological polar surface area (TPSA) is 63.1 Å². The van der Waals surface area contributed by atoms with Crippen molar-refractivity contribution in [2.45, 2.75) is 38.6 Å². The number of aromatic nitrogens is 3. The van der Waals surface area contributed by atoms with Crippen LogP contribution in [0.5, 0.6) is 0 Å². The molecule has 0 spiro atoms. The fourth-order valence-electron chi connectivity index (χ4n) is 3.19. The van der Waals surface area contributed by atoms with Crippen LogP contribution in [0.15, 0.2) is 30.6 Å². The van der Waals surface area contributed by atoms with E-state index in [-0.39, 0.29) is 6.03 Å². The number of likely N-dealkylation sites (tertiary alicyclic amines) is 1. The van der Waals surface area contributed by atoms with E-state index in [1.165, 1.54) is 11.1 Å². The summed E-state index contributed by atoms with van der Waals surface area (Å²) in [7, 11) is 1.82. The molecule has 3 rings (SSSR count). The maximum Gasteiger partial charge on any atom is 0.317 e. The van der Waals surface area contributed by atoms with E-state index in [0.29, 0.717) is 18.3 Å². The maximum atomic E-state index is 12.4. The van der Waals surface area contributed by atoms with Crippen molar-refractivity contribution >= 4 is 6.03 Å². The second kappa shape index (κ2) is 7.47. The summed E-state index contributed by atoms with van der Waals surface area (Å²) in [5, 5.41) is 7.10. The highest BCUT2D eigenvalue weighted by Crippen LogP contribution is 2.27. The van der Waals surface area contributed by atoms with Gasteiger partial charge in [0.25, 0.3) is 0 Å². The van der Waals surface area contributed by atoms with Crippen LogP contribution in [0.3, 0.4) is 0 Å². The quantitative estimate of drug-likeness (QED) is 0.938. The summed E-state index contributed by atoms with van der Waals surface area (Å²) in [4.78, 5) is 18.4. The zero-order valence-electron chi connectivity index (χ0n) is 14.4. The molecule has 0 unspecified atom stereocenters. The maximum absolute atomic E-state index is 12.4. The molecule has 1 aliphatic rings. The van der Waals surface area contributed by atoms with Crippen molar-refractivity contribution < 1.29 is 4.79 Å². The first-order chi connectivity index (χ1) is 11.7. The normalized spacial score (nSPS) is 17.8. The highest BCUT2D eigenvalue weighted by molar-refractivity contribution is 5.74. The van der Waals surface area contributed by atoms with Crippen LogP contribution in [0.2, 0.25) is 0 Å². The van der Waals surface area contributed by atoms with Crippen LogP contribution < -0.4 is 5.32 Å². The molecule has 2 amide bonds. The standard InChI is InChI=1S/C18H25N5O/c1-3-14-6-8-15(9-7-14)16-5-4-10-23(12-16)18(24)19-11-17-20-13-22(2)21-17/h6-9,13,16H,3-5,10-12H2,1-2H3,(H,19,24)/t16-/m0/s1. The first kappa shape index (κ1) is 16.5. The Hall–Kier alpha value is -2.37. The van der Waals surface area contributed by atoms with E-state index in [1.54, 1.807) is 11.0 Å². The second-order valence-electron chi connectivity index (χ2n) is 6.37. The number of nitrogens with zero attached hydrogens (tertiary/aromatic N) is 4. The number of hydrogen-bond acceptors (Lipinski definition) is 3. The van der Waals surface area contributed by atoms with Gasteiger partial charge in [0.15, 0.2) is 5.82 Å². The van der Waals surface area contributed by atoms with Gasteiger partial charge in [0.05, 0.1) is 6.54 Å². The zero-order chi connectivity index (χ0) is 16.9. The van der Waals surface area contributed by atoms with Gasteiger partial charge in [-0.3, -0.25) is 4.68 Å². The van der Waals surface area contributed by atoms with Crippen LogP contribution in [0.1, 0.15) is 42.6 Å². The third-order valence-electron chi connectivity index (χ3n) is 4.61. The van der Waals surface area contributed by atoms with Crippen molar-refractivity contribution in [3.05, 3.63) is 47.5 Å². The fraction of sp³-hybridized carbons (Fsp3) is 0.500. The van der Waals surface area contributed by atoms with E-state index < -0.39 is 0 Å². The van der Waals surface area contributed by atoms with E-state index >= 15 is 0 Å². The van der Waals surface area contributed by atoms with Crippen molar-refractivity contribution in [2.75, 3.05) is 13.1 Å². The lowest BCUT2D eigenvalue weighted by Crippen LogP contribution is -2.44. The van der Waals surface area contributed by atoms with Gasteiger partial charge in [-0.15, -0.1) is 0 Å². The van der Waals surface area contributed by atoms with E-state index in [1.807, 2.05) is 11.9 Å². The number of carbonyl (C=O) groups is 1. The number of rotatable bonds is 4. The van der Waals surface area contributed by atoms with Gasteiger partial charge in [-0.1, -0.05) is 31.2 Å². The Kier molecular flexibility index (Phi) is 5.13. The summed E-state index contributed by atoms with van der Waals surface area (Å²) < 4.78 is 1.64. The molecule has 1 N–H and O–H groups in total. The van der Waals surface area contributed by atoms with Crippen LogP contribution in [0, 0.1) is 0 Å². The van der Waals surface area contributed by atoms with E-state index in [0.717, 1.165) is 32.4 Å². The van der Waals surface area contributed by atoms with Crippen LogP contribution in [-0.2, 0) is 20.0 Å². The molecule has 0 bridgehead atoms.